The standard InChI is InChI=1S/C13H16N4OS.ClH/c1-7(2)12-16-17-13(19-12)15-11(18)10-6-9(14)5-4-8(10)3;/h4-7H,14H2,1-3H3,(H,15,17,18);1H. The van der Waals surface area contributed by atoms with E-state index in [0.717, 1.165) is 10.6 Å². The van der Waals surface area contributed by atoms with Crippen molar-refractivity contribution in [3.8, 4) is 0 Å². The molecule has 0 fully saturated rings. The molecule has 1 amide bonds. The summed E-state index contributed by atoms with van der Waals surface area (Å²) in [5, 5.41) is 12.2. The fourth-order valence-corrected chi connectivity index (χ4v) is 2.31. The molecule has 2 aromatic rings. The average Bonchev–Trinajstić information content (AvgIpc) is 2.80. The smallest absolute Gasteiger partial charge is 0.257 e. The number of nitrogens with two attached hydrogens (primary N) is 1. The molecule has 0 saturated carbocycles. The van der Waals surface area contributed by atoms with Crippen LogP contribution in [0.1, 0.15) is 40.7 Å². The molecule has 0 radical (unpaired) electrons. The van der Waals surface area contributed by atoms with Crippen molar-refractivity contribution >= 4 is 40.5 Å². The number of benzene rings is 1. The van der Waals surface area contributed by atoms with Crippen molar-refractivity contribution in [2.75, 3.05) is 11.1 Å². The summed E-state index contributed by atoms with van der Waals surface area (Å²) in [6, 6.07) is 5.26. The molecule has 0 aliphatic heterocycles. The van der Waals surface area contributed by atoms with Crippen LogP contribution in [0.4, 0.5) is 10.8 Å². The largest absolute Gasteiger partial charge is 0.399 e. The first-order valence-electron chi connectivity index (χ1n) is 5.98. The number of carbonyl (C=O) groups excluding carboxylic acids is 1. The van der Waals surface area contributed by atoms with Gasteiger partial charge in [0.05, 0.1) is 0 Å². The van der Waals surface area contributed by atoms with Gasteiger partial charge in [-0.2, -0.15) is 0 Å². The van der Waals surface area contributed by atoms with Gasteiger partial charge in [-0.25, -0.2) is 0 Å². The Morgan fingerprint density at radius 3 is 2.65 bits per heavy atom. The van der Waals surface area contributed by atoms with Gasteiger partial charge in [-0.1, -0.05) is 31.3 Å². The number of amides is 1. The predicted molar refractivity (Wildman–Crippen MR) is 84.8 cm³/mol. The molecule has 3 N–H and O–H groups in total. The lowest BCUT2D eigenvalue weighted by Gasteiger charge is -2.05. The molecule has 2 rings (SSSR count). The third-order valence-electron chi connectivity index (χ3n) is 2.66. The van der Waals surface area contributed by atoms with E-state index in [4.69, 9.17) is 5.73 Å². The Kier molecular flexibility index (Phi) is 5.47. The first-order valence-corrected chi connectivity index (χ1v) is 6.80. The first-order chi connectivity index (χ1) is 8.97. The van der Waals surface area contributed by atoms with E-state index >= 15 is 0 Å². The number of nitrogen functional groups attached to an aromatic ring is 1. The topological polar surface area (TPSA) is 80.9 Å². The Labute approximate surface area is 128 Å². The molecule has 108 valence electrons. The summed E-state index contributed by atoms with van der Waals surface area (Å²) in [7, 11) is 0. The Morgan fingerprint density at radius 1 is 1.35 bits per heavy atom. The quantitative estimate of drug-likeness (QED) is 0.853. The molecular weight excluding hydrogens is 296 g/mol. The molecule has 0 spiro atoms. The maximum absolute atomic E-state index is 12.1. The maximum Gasteiger partial charge on any atom is 0.257 e. The molecule has 0 aliphatic carbocycles. The first kappa shape index (κ1) is 16.4. The van der Waals surface area contributed by atoms with Crippen molar-refractivity contribution in [2.45, 2.75) is 26.7 Å². The van der Waals surface area contributed by atoms with Crippen LogP contribution in [-0.2, 0) is 0 Å². The highest BCUT2D eigenvalue weighted by molar-refractivity contribution is 7.15. The van der Waals surface area contributed by atoms with Crippen LogP contribution in [0.2, 0.25) is 0 Å². The van der Waals surface area contributed by atoms with Gasteiger partial charge in [0.25, 0.3) is 5.91 Å². The fraction of sp³-hybridized carbons (Fsp3) is 0.308. The van der Waals surface area contributed by atoms with Gasteiger partial charge in [0, 0.05) is 17.2 Å². The Hall–Kier alpha value is -1.66. The zero-order valence-electron chi connectivity index (χ0n) is 11.5. The second-order valence-electron chi connectivity index (χ2n) is 4.63. The lowest BCUT2D eigenvalue weighted by atomic mass is 10.1. The van der Waals surface area contributed by atoms with Crippen molar-refractivity contribution in [3.63, 3.8) is 0 Å². The number of aryl methyl sites for hydroxylation is 1. The number of hydrogen-bond acceptors (Lipinski definition) is 5. The molecular formula is C13H17ClN4OS. The number of nitrogens with one attached hydrogen (secondary N) is 1. The van der Waals surface area contributed by atoms with Crippen LogP contribution in [0, 0.1) is 6.92 Å². The number of hydrogen-bond donors (Lipinski definition) is 2. The fourth-order valence-electron chi connectivity index (χ4n) is 1.57. The van der Waals surface area contributed by atoms with E-state index in [2.05, 4.69) is 15.5 Å². The third kappa shape index (κ3) is 3.68. The van der Waals surface area contributed by atoms with Crippen LogP contribution in [0.15, 0.2) is 18.2 Å². The zero-order chi connectivity index (χ0) is 14.0. The minimum Gasteiger partial charge on any atom is -0.399 e. The highest BCUT2D eigenvalue weighted by Crippen LogP contribution is 2.23. The van der Waals surface area contributed by atoms with Crippen molar-refractivity contribution in [1.29, 1.82) is 0 Å². The van der Waals surface area contributed by atoms with Crippen LogP contribution in [0.3, 0.4) is 0 Å². The number of aromatic nitrogens is 2. The maximum atomic E-state index is 12.1. The summed E-state index contributed by atoms with van der Waals surface area (Å²) in [4.78, 5) is 12.1. The van der Waals surface area contributed by atoms with Crippen LogP contribution in [-0.4, -0.2) is 16.1 Å². The highest BCUT2D eigenvalue weighted by Gasteiger charge is 2.13. The van der Waals surface area contributed by atoms with E-state index in [1.807, 2.05) is 26.8 Å². The van der Waals surface area contributed by atoms with Gasteiger partial charge in [-0.15, -0.1) is 22.6 Å². The summed E-state index contributed by atoms with van der Waals surface area (Å²) < 4.78 is 0. The monoisotopic (exact) mass is 312 g/mol. The van der Waals surface area contributed by atoms with E-state index in [-0.39, 0.29) is 18.3 Å². The minimum absolute atomic E-state index is 0. The van der Waals surface area contributed by atoms with Gasteiger partial charge in [0.15, 0.2) is 0 Å². The number of halogens is 1. The summed E-state index contributed by atoms with van der Waals surface area (Å²) >= 11 is 1.39. The van der Waals surface area contributed by atoms with E-state index < -0.39 is 0 Å². The molecule has 1 aromatic heterocycles. The Morgan fingerprint density at radius 2 is 2.05 bits per heavy atom. The SMILES string of the molecule is Cc1ccc(N)cc1C(=O)Nc1nnc(C(C)C)s1.Cl. The molecule has 0 saturated heterocycles. The molecule has 5 nitrogen and oxygen atoms in total. The lowest BCUT2D eigenvalue weighted by Crippen LogP contribution is -2.13. The third-order valence-corrected chi connectivity index (χ3v) is 3.80. The zero-order valence-corrected chi connectivity index (χ0v) is 13.1. The molecule has 20 heavy (non-hydrogen) atoms. The van der Waals surface area contributed by atoms with E-state index in [0.29, 0.717) is 22.3 Å². The predicted octanol–water partition coefficient (Wildman–Crippen LogP) is 3.23. The number of nitrogens with zero attached hydrogens (tertiary/aromatic N) is 2. The van der Waals surface area contributed by atoms with Gasteiger partial charge < -0.3 is 5.73 Å². The average molecular weight is 313 g/mol. The molecule has 0 aliphatic rings. The molecule has 1 aromatic carbocycles. The van der Waals surface area contributed by atoms with Crippen molar-refractivity contribution in [3.05, 3.63) is 34.3 Å². The molecule has 0 atom stereocenters. The van der Waals surface area contributed by atoms with Crippen molar-refractivity contribution in [2.24, 2.45) is 0 Å². The van der Waals surface area contributed by atoms with Crippen LogP contribution >= 0.6 is 23.7 Å². The number of carbonyl (C=O) groups is 1. The number of anilines is 2. The molecule has 0 unspecified atom stereocenters. The summed E-state index contributed by atoms with van der Waals surface area (Å²) in [6.07, 6.45) is 0. The van der Waals surface area contributed by atoms with Crippen molar-refractivity contribution < 1.29 is 4.79 Å². The van der Waals surface area contributed by atoms with E-state index in [9.17, 15) is 4.79 Å². The summed E-state index contributed by atoms with van der Waals surface area (Å²) in [5.74, 6) is 0.0912. The van der Waals surface area contributed by atoms with Gasteiger partial charge in [-0.05, 0) is 24.6 Å². The Bertz CT molecular complexity index is 612. The van der Waals surface area contributed by atoms with Gasteiger partial charge in [-0.3, -0.25) is 10.1 Å². The van der Waals surface area contributed by atoms with Gasteiger partial charge in [0.2, 0.25) is 5.13 Å². The van der Waals surface area contributed by atoms with E-state index in [1.54, 1.807) is 12.1 Å². The van der Waals surface area contributed by atoms with Crippen molar-refractivity contribution in [1.82, 2.24) is 10.2 Å². The van der Waals surface area contributed by atoms with Crippen LogP contribution in [0.25, 0.3) is 0 Å². The molecule has 7 heteroatoms. The number of rotatable bonds is 3. The summed E-state index contributed by atoms with van der Waals surface area (Å²) in [5.41, 5.74) is 7.69. The normalized spacial score (nSPS) is 10.2. The lowest BCUT2D eigenvalue weighted by molar-refractivity contribution is 0.102. The summed E-state index contributed by atoms with van der Waals surface area (Å²) in [6.45, 7) is 5.94. The van der Waals surface area contributed by atoms with Gasteiger partial charge >= 0.3 is 0 Å². The second-order valence-corrected chi connectivity index (χ2v) is 5.64. The second kappa shape index (κ2) is 6.67. The van der Waals surface area contributed by atoms with Crippen LogP contribution < -0.4 is 11.1 Å². The Balaban J connectivity index is 0.00000200. The molecule has 1 heterocycles. The van der Waals surface area contributed by atoms with E-state index in [1.165, 1.54) is 11.3 Å². The van der Waals surface area contributed by atoms with Gasteiger partial charge in [0.1, 0.15) is 5.01 Å². The van der Waals surface area contributed by atoms with Crippen LogP contribution in [0.5, 0.6) is 0 Å². The minimum atomic E-state index is -0.212. The highest BCUT2D eigenvalue weighted by atomic mass is 35.5. The molecule has 0 bridgehead atoms.